The largest absolute Gasteiger partial charge is 0.362 e. The number of rotatable bonds is 4. The molecule has 1 aromatic heterocycles. The van der Waals surface area contributed by atoms with Gasteiger partial charge in [0.15, 0.2) is 5.11 Å². The van der Waals surface area contributed by atoms with Crippen LogP contribution in [-0.2, 0) is 0 Å². The lowest BCUT2D eigenvalue weighted by atomic mass is 10.3. The first kappa shape index (κ1) is 15.2. The molecule has 0 aliphatic heterocycles. The van der Waals surface area contributed by atoms with Gasteiger partial charge in [-0.3, -0.25) is 0 Å². The number of aryl methyl sites for hydroxylation is 1. The Balaban J connectivity index is 2.24. The highest BCUT2D eigenvalue weighted by Gasteiger charge is 2.09. The molecule has 2 N–H and O–H groups in total. The van der Waals surface area contributed by atoms with E-state index in [-0.39, 0.29) is 0 Å². The molecule has 0 bridgehead atoms. The van der Waals surface area contributed by atoms with Crippen molar-refractivity contribution in [2.24, 2.45) is 0 Å². The van der Waals surface area contributed by atoms with Crippen LogP contribution in [0.1, 0.15) is 26.3 Å². The van der Waals surface area contributed by atoms with Crippen molar-refractivity contribution in [3.05, 3.63) is 23.9 Å². The van der Waals surface area contributed by atoms with Gasteiger partial charge < -0.3 is 10.6 Å². The molecule has 1 aromatic rings. The van der Waals surface area contributed by atoms with Gasteiger partial charge in [-0.2, -0.15) is 11.8 Å². The molecule has 0 unspecified atom stereocenters. The van der Waals surface area contributed by atoms with E-state index >= 15 is 0 Å². The van der Waals surface area contributed by atoms with Crippen molar-refractivity contribution >= 4 is 34.9 Å². The summed E-state index contributed by atoms with van der Waals surface area (Å²) in [6.07, 6.45) is 1.82. The van der Waals surface area contributed by atoms with Gasteiger partial charge in [0.05, 0.1) is 0 Å². The molecule has 18 heavy (non-hydrogen) atoms. The van der Waals surface area contributed by atoms with E-state index < -0.39 is 0 Å². The maximum atomic E-state index is 5.20. The highest BCUT2D eigenvalue weighted by atomic mass is 32.2. The van der Waals surface area contributed by atoms with E-state index in [1.807, 2.05) is 37.0 Å². The fourth-order valence-corrected chi connectivity index (χ4v) is 2.25. The Morgan fingerprint density at radius 3 is 2.67 bits per heavy atom. The van der Waals surface area contributed by atoms with Crippen LogP contribution in [0, 0.1) is 6.92 Å². The summed E-state index contributed by atoms with van der Waals surface area (Å²) in [6, 6.07) is 3.93. The van der Waals surface area contributed by atoms with Gasteiger partial charge >= 0.3 is 0 Å². The SMILES string of the molecule is Cc1ccc(NC(=S)NCCSC(C)(C)C)nc1. The first-order valence-corrected chi connectivity index (χ1v) is 7.38. The van der Waals surface area contributed by atoms with Gasteiger partial charge in [-0.15, -0.1) is 0 Å². The Bertz CT molecular complexity index is 382. The van der Waals surface area contributed by atoms with Gasteiger partial charge in [-0.1, -0.05) is 26.8 Å². The number of hydrogen-bond acceptors (Lipinski definition) is 3. The molecule has 0 radical (unpaired) electrons. The van der Waals surface area contributed by atoms with Crippen LogP contribution in [0.2, 0.25) is 0 Å². The number of anilines is 1. The van der Waals surface area contributed by atoms with Crippen LogP contribution in [0.3, 0.4) is 0 Å². The Hall–Kier alpha value is -0.810. The van der Waals surface area contributed by atoms with E-state index in [0.29, 0.717) is 9.86 Å². The van der Waals surface area contributed by atoms with Gasteiger partial charge in [-0.25, -0.2) is 4.98 Å². The predicted molar refractivity (Wildman–Crippen MR) is 85.4 cm³/mol. The second-order valence-electron chi connectivity index (χ2n) is 5.06. The van der Waals surface area contributed by atoms with Crippen molar-refractivity contribution in [3.8, 4) is 0 Å². The second-order valence-corrected chi connectivity index (χ2v) is 7.39. The van der Waals surface area contributed by atoms with Crippen molar-refractivity contribution < 1.29 is 0 Å². The highest BCUT2D eigenvalue weighted by Crippen LogP contribution is 2.21. The van der Waals surface area contributed by atoms with E-state index in [9.17, 15) is 0 Å². The molecular formula is C13H21N3S2. The van der Waals surface area contributed by atoms with E-state index in [1.54, 1.807) is 0 Å². The first-order valence-electron chi connectivity index (χ1n) is 5.98. The molecule has 1 rings (SSSR count). The minimum atomic E-state index is 0.301. The summed E-state index contributed by atoms with van der Waals surface area (Å²) in [4.78, 5) is 4.24. The lowest BCUT2D eigenvalue weighted by Crippen LogP contribution is -2.31. The third kappa shape index (κ3) is 6.81. The molecule has 0 aliphatic rings. The van der Waals surface area contributed by atoms with Crippen molar-refractivity contribution in [2.45, 2.75) is 32.4 Å². The number of pyridine rings is 1. The molecule has 0 spiro atoms. The molecular weight excluding hydrogens is 262 g/mol. The fraction of sp³-hybridized carbons (Fsp3) is 0.538. The highest BCUT2D eigenvalue weighted by molar-refractivity contribution is 8.00. The van der Waals surface area contributed by atoms with E-state index in [2.05, 4.69) is 36.4 Å². The predicted octanol–water partition coefficient (Wildman–Crippen LogP) is 3.21. The van der Waals surface area contributed by atoms with E-state index in [4.69, 9.17) is 12.2 Å². The average Bonchev–Trinajstić information content (AvgIpc) is 2.26. The van der Waals surface area contributed by atoms with Crippen molar-refractivity contribution in [3.63, 3.8) is 0 Å². The minimum Gasteiger partial charge on any atom is -0.362 e. The molecule has 0 fully saturated rings. The number of hydrogen-bond donors (Lipinski definition) is 2. The second kappa shape index (κ2) is 6.95. The van der Waals surface area contributed by atoms with Crippen molar-refractivity contribution in [1.82, 2.24) is 10.3 Å². The monoisotopic (exact) mass is 283 g/mol. The number of thiocarbonyl (C=S) groups is 1. The first-order chi connectivity index (χ1) is 8.37. The summed E-state index contributed by atoms with van der Waals surface area (Å²) in [5.74, 6) is 1.81. The van der Waals surface area contributed by atoms with Crippen LogP contribution < -0.4 is 10.6 Å². The Labute approximate surface area is 119 Å². The van der Waals surface area contributed by atoms with Gasteiger partial charge in [0.25, 0.3) is 0 Å². The van der Waals surface area contributed by atoms with Crippen molar-refractivity contribution in [2.75, 3.05) is 17.6 Å². The van der Waals surface area contributed by atoms with Crippen LogP contribution in [-0.4, -0.2) is 27.1 Å². The summed E-state index contributed by atoms with van der Waals surface area (Å²) in [6.45, 7) is 9.51. The van der Waals surface area contributed by atoms with Gasteiger partial charge in [0.2, 0.25) is 0 Å². The maximum Gasteiger partial charge on any atom is 0.171 e. The van der Waals surface area contributed by atoms with Crippen LogP contribution in [0.15, 0.2) is 18.3 Å². The lowest BCUT2D eigenvalue weighted by Gasteiger charge is -2.18. The number of nitrogens with one attached hydrogen (secondary N) is 2. The third-order valence-corrected chi connectivity index (χ3v) is 3.60. The molecule has 0 saturated carbocycles. The molecule has 100 valence electrons. The maximum absolute atomic E-state index is 5.20. The summed E-state index contributed by atoms with van der Waals surface area (Å²) in [5.41, 5.74) is 1.14. The smallest absolute Gasteiger partial charge is 0.171 e. The van der Waals surface area contributed by atoms with E-state index in [0.717, 1.165) is 23.7 Å². The summed E-state index contributed by atoms with van der Waals surface area (Å²) in [5, 5.41) is 6.87. The zero-order valence-electron chi connectivity index (χ0n) is 11.4. The zero-order chi connectivity index (χ0) is 13.6. The number of aromatic nitrogens is 1. The number of thioether (sulfide) groups is 1. The van der Waals surface area contributed by atoms with Gasteiger partial charge in [0.1, 0.15) is 5.82 Å². The van der Waals surface area contributed by atoms with E-state index in [1.165, 1.54) is 0 Å². The van der Waals surface area contributed by atoms with Crippen LogP contribution >= 0.6 is 24.0 Å². The number of nitrogens with zero attached hydrogens (tertiary/aromatic N) is 1. The lowest BCUT2D eigenvalue weighted by molar-refractivity contribution is 0.800. The molecule has 0 aliphatic carbocycles. The molecule has 0 amide bonds. The molecule has 3 nitrogen and oxygen atoms in total. The van der Waals surface area contributed by atoms with Crippen molar-refractivity contribution in [1.29, 1.82) is 0 Å². The standard InChI is InChI=1S/C13H21N3S2/c1-10-5-6-11(15-9-10)16-12(17)14-7-8-18-13(2,3)4/h5-6,9H,7-8H2,1-4H3,(H2,14,15,16,17). The van der Waals surface area contributed by atoms with Crippen LogP contribution in [0.5, 0.6) is 0 Å². The zero-order valence-corrected chi connectivity index (χ0v) is 13.0. The summed E-state index contributed by atoms with van der Waals surface area (Å²) in [7, 11) is 0. The Kier molecular flexibility index (Phi) is 5.88. The molecule has 1 heterocycles. The third-order valence-electron chi connectivity index (χ3n) is 2.08. The summed E-state index contributed by atoms with van der Waals surface area (Å²) >= 11 is 7.12. The minimum absolute atomic E-state index is 0.301. The molecule has 0 atom stereocenters. The fourth-order valence-electron chi connectivity index (χ4n) is 1.22. The Morgan fingerprint density at radius 2 is 2.11 bits per heavy atom. The van der Waals surface area contributed by atoms with Crippen LogP contribution in [0.25, 0.3) is 0 Å². The quantitative estimate of drug-likeness (QED) is 0.655. The molecule has 5 heteroatoms. The normalized spacial score (nSPS) is 11.1. The van der Waals surface area contributed by atoms with Gasteiger partial charge in [-0.05, 0) is 30.8 Å². The average molecular weight is 283 g/mol. The molecule has 0 aromatic carbocycles. The van der Waals surface area contributed by atoms with Crippen LogP contribution in [0.4, 0.5) is 5.82 Å². The molecule has 0 saturated heterocycles. The van der Waals surface area contributed by atoms with Gasteiger partial charge in [0, 0.05) is 23.2 Å². The summed E-state index contributed by atoms with van der Waals surface area (Å²) < 4.78 is 0.301. The Morgan fingerprint density at radius 1 is 1.39 bits per heavy atom. The topological polar surface area (TPSA) is 37.0 Å².